The van der Waals surface area contributed by atoms with Crippen LogP contribution in [0, 0.1) is 11.6 Å². The number of rotatable bonds is 3. The molecular formula is C9H8BrF2NO2. The summed E-state index contributed by atoms with van der Waals surface area (Å²) in [6.07, 6.45) is -0.408. The third kappa shape index (κ3) is 2.97. The van der Waals surface area contributed by atoms with Crippen molar-refractivity contribution < 1.29 is 18.7 Å². The van der Waals surface area contributed by atoms with E-state index in [0.717, 1.165) is 6.07 Å². The summed E-state index contributed by atoms with van der Waals surface area (Å²) in [5, 5.41) is 8.47. The second kappa shape index (κ2) is 4.67. The van der Waals surface area contributed by atoms with Crippen LogP contribution in [0.3, 0.4) is 0 Å². The highest BCUT2D eigenvalue weighted by atomic mass is 79.9. The molecule has 1 aromatic carbocycles. The number of carboxylic acid groups (broad SMARTS) is 1. The molecule has 0 heterocycles. The molecule has 0 saturated carbocycles. The molecule has 0 spiro atoms. The van der Waals surface area contributed by atoms with E-state index in [-0.39, 0.29) is 10.0 Å². The number of hydrogen-bond donors (Lipinski definition) is 2. The van der Waals surface area contributed by atoms with Gasteiger partial charge in [-0.15, -0.1) is 0 Å². The first-order valence-corrected chi connectivity index (χ1v) is 4.83. The number of benzene rings is 1. The van der Waals surface area contributed by atoms with Gasteiger partial charge < -0.3 is 10.8 Å². The molecule has 1 atom stereocenters. The van der Waals surface area contributed by atoms with Gasteiger partial charge in [-0.3, -0.25) is 4.79 Å². The summed E-state index contributed by atoms with van der Waals surface area (Å²) in [6, 6.07) is 0.832. The number of halogens is 3. The summed E-state index contributed by atoms with van der Waals surface area (Å²) in [6.45, 7) is 0. The third-order valence-electron chi connectivity index (χ3n) is 1.83. The quantitative estimate of drug-likeness (QED) is 0.834. The van der Waals surface area contributed by atoms with Gasteiger partial charge in [0.15, 0.2) is 0 Å². The Morgan fingerprint density at radius 3 is 2.60 bits per heavy atom. The van der Waals surface area contributed by atoms with E-state index >= 15 is 0 Å². The molecule has 0 amide bonds. The number of nitrogens with two attached hydrogens (primary N) is 1. The summed E-state index contributed by atoms with van der Waals surface area (Å²) >= 11 is 2.87. The first-order valence-electron chi connectivity index (χ1n) is 4.03. The average molecular weight is 280 g/mol. The summed E-state index contributed by atoms with van der Waals surface area (Å²) < 4.78 is 26.1. The minimum atomic E-state index is -1.14. The summed E-state index contributed by atoms with van der Waals surface area (Å²) in [7, 11) is 0. The number of carbonyl (C=O) groups is 1. The smallest absolute Gasteiger partial charge is 0.305 e. The lowest BCUT2D eigenvalue weighted by molar-refractivity contribution is -0.137. The zero-order valence-electron chi connectivity index (χ0n) is 7.51. The van der Waals surface area contributed by atoms with Gasteiger partial charge >= 0.3 is 5.97 Å². The molecule has 6 heteroatoms. The van der Waals surface area contributed by atoms with E-state index in [2.05, 4.69) is 15.9 Å². The van der Waals surface area contributed by atoms with Crippen molar-refractivity contribution in [2.45, 2.75) is 12.5 Å². The molecule has 82 valence electrons. The van der Waals surface area contributed by atoms with Crippen LogP contribution in [0.4, 0.5) is 8.78 Å². The fourth-order valence-electron chi connectivity index (χ4n) is 1.12. The highest BCUT2D eigenvalue weighted by Gasteiger charge is 2.17. The monoisotopic (exact) mass is 279 g/mol. The first kappa shape index (κ1) is 12.1. The molecule has 0 fully saturated rings. The fraction of sp³-hybridized carbons (Fsp3) is 0.222. The average Bonchev–Trinajstić information content (AvgIpc) is 2.09. The van der Waals surface area contributed by atoms with E-state index in [4.69, 9.17) is 10.8 Å². The van der Waals surface area contributed by atoms with Crippen LogP contribution >= 0.6 is 15.9 Å². The first-order chi connectivity index (χ1) is 6.91. The Balaban J connectivity index is 3.03. The lowest BCUT2D eigenvalue weighted by atomic mass is 10.0. The maximum Gasteiger partial charge on any atom is 0.305 e. The van der Waals surface area contributed by atoms with Crippen molar-refractivity contribution in [3.8, 4) is 0 Å². The molecular weight excluding hydrogens is 272 g/mol. The molecule has 3 nitrogen and oxygen atoms in total. The Morgan fingerprint density at radius 1 is 1.47 bits per heavy atom. The van der Waals surface area contributed by atoms with Crippen LogP contribution in [0.2, 0.25) is 0 Å². The molecule has 0 aliphatic heterocycles. The summed E-state index contributed by atoms with van der Waals surface area (Å²) in [5.74, 6) is -2.73. The van der Waals surface area contributed by atoms with E-state index < -0.39 is 30.1 Å². The predicted molar refractivity (Wildman–Crippen MR) is 53.2 cm³/mol. The molecule has 1 unspecified atom stereocenters. The number of carboxylic acids is 1. The topological polar surface area (TPSA) is 63.3 Å². The van der Waals surface area contributed by atoms with E-state index in [0.29, 0.717) is 6.07 Å². The van der Waals surface area contributed by atoms with Crippen molar-refractivity contribution in [2.24, 2.45) is 5.73 Å². The number of hydrogen-bond acceptors (Lipinski definition) is 2. The normalized spacial score (nSPS) is 12.5. The van der Waals surface area contributed by atoms with Gasteiger partial charge in [-0.1, -0.05) is 0 Å². The largest absolute Gasteiger partial charge is 0.481 e. The molecule has 1 aromatic rings. The lowest BCUT2D eigenvalue weighted by Gasteiger charge is -2.11. The van der Waals surface area contributed by atoms with Crippen LogP contribution in [0.5, 0.6) is 0 Å². The van der Waals surface area contributed by atoms with Crippen molar-refractivity contribution in [1.29, 1.82) is 0 Å². The Labute approximate surface area is 93.0 Å². The summed E-state index contributed by atoms with van der Waals surface area (Å²) in [4.78, 5) is 10.4. The van der Waals surface area contributed by atoms with Crippen molar-refractivity contribution in [2.75, 3.05) is 0 Å². The molecule has 0 radical (unpaired) electrons. The van der Waals surface area contributed by atoms with Crippen molar-refractivity contribution in [3.63, 3.8) is 0 Å². The van der Waals surface area contributed by atoms with Crippen LogP contribution in [0.15, 0.2) is 16.6 Å². The SMILES string of the molecule is NC(CC(=O)O)c1cc(Br)c(F)cc1F. The Bertz CT molecular complexity index is 398. The molecule has 0 bridgehead atoms. The minimum absolute atomic E-state index is 0.0225. The molecule has 0 saturated heterocycles. The third-order valence-corrected chi connectivity index (χ3v) is 2.44. The van der Waals surface area contributed by atoms with Crippen molar-refractivity contribution >= 4 is 21.9 Å². The second-order valence-electron chi connectivity index (χ2n) is 2.99. The number of aliphatic carboxylic acids is 1. The van der Waals surface area contributed by atoms with E-state index in [9.17, 15) is 13.6 Å². The van der Waals surface area contributed by atoms with Crippen LogP contribution in [0.1, 0.15) is 18.0 Å². The van der Waals surface area contributed by atoms with Gasteiger partial charge in [-0.2, -0.15) is 0 Å². The van der Waals surface area contributed by atoms with Gasteiger partial charge in [-0.05, 0) is 22.0 Å². The van der Waals surface area contributed by atoms with E-state index in [1.54, 1.807) is 0 Å². The molecule has 0 aliphatic rings. The maximum absolute atomic E-state index is 13.2. The zero-order chi connectivity index (χ0) is 11.6. The minimum Gasteiger partial charge on any atom is -0.481 e. The maximum atomic E-state index is 13.2. The Morgan fingerprint density at radius 2 is 2.07 bits per heavy atom. The van der Waals surface area contributed by atoms with Crippen LogP contribution in [-0.2, 0) is 4.79 Å². The van der Waals surface area contributed by atoms with Gasteiger partial charge in [0.25, 0.3) is 0 Å². The lowest BCUT2D eigenvalue weighted by Crippen LogP contribution is -2.16. The van der Waals surface area contributed by atoms with Gasteiger partial charge in [0.1, 0.15) is 11.6 Å². The van der Waals surface area contributed by atoms with Crippen molar-refractivity contribution in [3.05, 3.63) is 33.8 Å². The predicted octanol–water partition coefficient (Wildman–Crippen LogP) is 2.20. The van der Waals surface area contributed by atoms with Crippen molar-refractivity contribution in [1.82, 2.24) is 0 Å². The Kier molecular flexibility index (Phi) is 3.76. The molecule has 0 aliphatic carbocycles. The van der Waals surface area contributed by atoms with Gasteiger partial charge in [-0.25, -0.2) is 8.78 Å². The standard InChI is InChI=1S/C9H8BrF2NO2/c10-5-1-4(6(11)2-7(5)12)8(13)3-9(14)15/h1-2,8H,3,13H2,(H,14,15). The highest BCUT2D eigenvalue weighted by molar-refractivity contribution is 9.10. The molecule has 1 rings (SSSR count). The Hall–Kier alpha value is -1.01. The van der Waals surface area contributed by atoms with Crippen LogP contribution in [-0.4, -0.2) is 11.1 Å². The highest BCUT2D eigenvalue weighted by Crippen LogP contribution is 2.24. The van der Waals surface area contributed by atoms with E-state index in [1.165, 1.54) is 0 Å². The fourth-order valence-corrected chi connectivity index (χ4v) is 1.48. The van der Waals surface area contributed by atoms with E-state index in [1.807, 2.05) is 0 Å². The zero-order valence-corrected chi connectivity index (χ0v) is 9.09. The van der Waals surface area contributed by atoms with Crippen LogP contribution < -0.4 is 5.73 Å². The van der Waals surface area contributed by atoms with Gasteiger partial charge in [0.05, 0.1) is 10.9 Å². The summed E-state index contributed by atoms with van der Waals surface area (Å²) in [5.41, 5.74) is 5.43. The molecule has 0 aromatic heterocycles. The van der Waals surface area contributed by atoms with Gasteiger partial charge in [0, 0.05) is 17.7 Å². The second-order valence-corrected chi connectivity index (χ2v) is 3.85. The van der Waals surface area contributed by atoms with Crippen LogP contribution in [0.25, 0.3) is 0 Å². The molecule has 3 N–H and O–H groups in total. The molecule has 15 heavy (non-hydrogen) atoms. The van der Waals surface area contributed by atoms with Gasteiger partial charge in [0.2, 0.25) is 0 Å².